The summed E-state index contributed by atoms with van der Waals surface area (Å²) in [5, 5.41) is 18.1. The van der Waals surface area contributed by atoms with Gasteiger partial charge in [-0.2, -0.15) is 0 Å². The molecule has 2 heterocycles. The highest BCUT2D eigenvalue weighted by Crippen LogP contribution is 2.43. The predicted molar refractivity (Wildman–Crippen MR) is 227 cm³/mol. The van der Waals surface area contributed by atoms with E-state index in [-0.39, 0.29) is 0 Å². The zero-order chi connectivity index (χ0) is 33.9. The van der Waals surface area contributed by atoms with Crippen LogP contribution in [0.5, 0.6) is 0 Å². The Kier molecular flexibility index (Phi) is 5.71. The fourth-order valence-electron chi connectivity index (χ4n) is 8.76. The lowest BCUT2D eigenvalue weighted by Gasteiger charge is -2.07. The maximum absolute atomic E-state index is 3.85. The molecule has 12 rings (SSSR count). The molecule has 240 valence electrons. The van der Waals surface area contributed by atoms with E-state index >= 15 is 0 Å². The van der Waals surface area contributed by atoms with Crippen molar-refractivity contribution in [1.29, 1.82) is 0 Å². The summed E-state index contributed by atoms with van der Waals surface area (Å²) in [4.78, 5) is 3.85. The highest BCUT2D eigenvalue weighted by molar-refractivity contribution is 7.26. The Morgan fingerprint density at radius 3 is 1.40 bits per heavy atom. The first kappa shape index (κ1) is 28.2. The Balaban J connectivity index is 0.960. The van der Waals surface area contributed by atoms with Crippen LogP contribution in [0, 0.1) is 0 Å². The number of aromatic nitrogens is 1. The lowest BCUT2D eigenvalue weighted by molar-refractivity contribution is 1.56. The molecule has 0 saturated heterocycles. The minimum Gasteiger partial charge on any atom is -0.354 e. The van der Waals surface area contributed by atoms with E-state index in [1.165, 1.54) is 118 Å². The first-order valence-electron chi connectivity index (χ1n) is 17.9. The van der Waals surface area contributed by atoms with Gasteiger partial charge in [-0.05, 0) is 89.6 Å². The van der Waals surface area contributed by atoms with Crippen molar-refractivity contribution >= 4 is 107 Å². The van der Waals surface area contributed by atoms with Crippen LogP contribution in [-0.2, 0) is 0 Å². The molecule has 0 saturated carbocycles. The molecule has 0 aliphatic rings. The summed E-state index contributed by atoms with van der Waals surface area (Å²) in [7, 11) is 0. The van der Waals surface area contributed by atoms with Gasteiger partial charge in [0.1, 0.15) is 0 Å². The number of hydrogen-bond donors (Lipinski definition) is 1. The third kappa shape index (κ3) is 4.04. The van der Waals surface area contributed by atoms with Crippen molar-refractivity contribution in [2.24, 2.45) is 0 Å². The number of nitrogens with one attached hydrogen (secondary N) is 1. The quantitative estimate of drug-likeness (QED) is 0.176. The van der Waals surface area contributed by atoms with Crippen LogP contribution in [0.3, 0.4) is 0 Å². The molecule has 0 aliphatic carbocycles. The normalized spacial score (nSPS) is 12.2. The average molecular weight is 676 g/mol. The van der Waals surface area contributed by atoms with Crippen molar-refractivity contribution in [3.63, 3.8) is 0 Å². The van der Waals surface area contributed by atoms with Crippen molar-refractivity contribution in [1.82, 2.24) is 4.98 Å². The highest BCUT2D eigenvalue weighted by Gasteiger charge is 2.15. The summed E-state index contributed by atoms with van der Waals surface area (Å²) in [5.74, 6) is 0. The van der Waals surface area contributed by atoms with E-state index in [1.807, 2.05) is 11.3 Å². The molecule has 0 bridgehead atoms. The maximum Gasteiger partial charge on any atom is 0.0545 e. The van der Waals surface area contributed by atoms with Crippen LogP contribution in [0.2, 0.25) is 0 Å². The number of hydrogen-bond acceptors (Lipinski definition) is 1. The van der Waals surface area contributed by atoms with Gasteiger partial charge in [-0.1, -0.05) is 146 Å². The Morgan fingerprint density at radius 1 is 0.308 bits per heavy atom. The monoisotopic (exact) mass is 675 g/mol. The van der Waals surface area contributed by atoms with Gasteiger partial charge in [0.25, 0.3) is 0 Å². The topological polar surface area (TPSA) is 15.8 Å². The van der Waals surface area contributed by atoms with E-state index in [0.717, 1.165) is 0 Å². The minimum absolute atomic E-state index is 1.17. The minimum atomic E-state index is 1.17. The first-order chi connectivity index (χ1) is 25.7. The van der Waals surface area contributed by atoms with Crippen molar-refractivity contribution < 1.29 is 0 Å². The predicted octanol–water partition coefficient (Wildman–Crippen LogP) is 14.8. The molecule has 0 radical (unpaired) electrons. The second-order valence-electron chi connectivity index (χ2n) is 14.2. The molecule has 1 nitrogen and oxygen atoms in total. The molecule has 0 aliphatic heterocycles. The largest absolute Gasteiger partial charge is 0.354 e. The van der Waals surface area contributed by atoms with Crippen molar-refractivity contribution in [2.45, 2.75) is 0 Å². The number of benzene rings is 10. The molecule has 2 heteroatoms. The maximum atomic E-state index is 3.85. The van der Waals surface area contributed by atoms with Crippen molar-refractivity contribution in [3.05, 3.63) is 170 Å². The molecular formula is C50H29NS. The standard InChI is InChI=1S/C50H29NS/c1-3-7-37-29(5-1)9-11-35-25-31(13-17-39(35)37)33-15-19-41-43-21-24-46-44(49(43)51-47(41)27-33)22-23-45-42-20-16-34(28-48(42)52-50(45)46)32-14-18-40-36(26-32)12-10-30-6-2-4-8-38(30)40/h1-28,51H. The molecule has 0 amide bonds. The summed E-state index contributed by atoms with van der Waals surface area (Å²) < 4.78 is 2.67. The van der Waals surface area contributed by atoms with Gasteiger partial charge in [-0.25, -0.2) is 0 Å². The zero-order valence-corrected chi connectivity index (χ0v) is 28.9. The first-order valence-corrected chi connectivity index (χ1v) is 18.7. The molecule has 2 aromatic heterocycles. The van der Waals surface area contributed by atoms with Gasteiger partial charge in [0.05, 0.1) is 5.52 Å². The Labute approximate surface area is 303 Å². The fraction of sp³-hybridized carbons (Fsp3) is 0. The van der Waals surface area contributed by atoms with E-state index in [1.54, 1.807) is 0 Å². The van der Waals surface area contributed by atoms with Crippen LogP contribution in [0.1, 0.15) is 0 Å². The molecule has 12 aromatic rings. The van der Waals surface area contributed by atoms with Gasteiger partial charge >= 0.3 is 0 Å². The van der Waals surface area contributed by atoms with E-state index in [9.17, 15) is 0 Å². The zero-order valence-electron chi connectivity index (χ0n) is 28.1. The van der Waals surface area contributed by atoms with Gasteiger partial charge in [0, 0.05) is 47.2 Å². The molecule has 0 unspecified atom stereocenters. The third-order valence-corrected chi connectivity index (χ3v) is 12.6. The van der Waals surface area contributed by atoms with Crippen molar-refractivity contribution in [2.75, 3.05) is 0 Å². The summed E-state index contributed by atoms with van der Waals surface area (Å²) in [6.07, 6.45) is 0. The molecule has 0 atom stereocenters. The fourth-order valence-corrected chi connectivity index (χ4v) is 10.0. The molecule has 0 spiro atoms. The molecule has 1 N–H and O–H groups in total. The summed E-state index contributed by atoms with van der Waals surface area (Å²) in [6, 6.07) is 63.2. The Bertz CT molecular complexity index is 3240. The van der Waals surface area contributed by atoms with E-state index in [4.69, 9.17) is 0 Å². The molecule has 52 heavy (non-hydrogen) atoms. The summed E-state index contributed by atoms with van der Waals surface area (Å²) in [5.41, 5.74) is 7.34. The molecular weight excluding hydrogens is 647 g/mol. The second kappa shape index (κ2) is 10.5. The van der Waals surface area contributed by atoms with Crippen LogP contribution in [-0.4, -0.2) is 4.98 Å². The summed E-state index contributed by atoms with van der Waals surface area (Å²) in [6.45, 7) is 0. The van der Waals surface area contributed by atoms with Crippen LogP contribution in [0.4, 0.5) is 0 Å². The van der Waals surface area contributed by atoms with Gasteiger partial charge in [0.2, 0.25) is 0 Å². The lowest BCUT2D eigenvalue weighted by atomic mass is 9.96. The van der Waals surface area contributed by atoms with Crippen LogP contribution < -0.4 is 0 Å². The number of rotatable bonds is 2. The third-order valence-electron chi connectivity index (χ3n) is 11.4. The van der Waals surface area contributed by atoms with Crippen LogP contribution >= 0.6 is 11.3 Å². The van der Waals surface area contributed by atoms with E-state index in [2.05, 4.69) is 175 Å². The van der Waals surface area contributed by atoms with Crippen LogP contribution in [0.25, 0.3) is 118 Å². The summed E-state index contributed by atoms with van der Waals surface area (Å²) >= 11 is 1.91. The van der Waals surface area contributed by atoms with E-state index < -0.39 is 0 Å². The number of aromatic amines is 1. The highest BCUT2D eigenvalue weighted by atomic mass is 32.1. The number of H-pyrrole nitrogens is 1. The molecule has 10 aromatic carbocycles. The SMILES string of the molecule is c1ccc2c(c1)ccc1cc(-c3ccc4c(c3)[nH]c3c4ccc4c3ccc3c5ccc(-c6ccc7c(ccc8ccccc87)c6)cc5sc34)ccc12. The Hall–Kier alpha value is -6.48. The average Bonchev–Trinajstić information content (AvgIpc) is 3.78. The van der Waals surface area contributed by atoms with Gasteiger partial charge in [-0.3, -0.25) is 0 Å². The van der Waals surface area contributed by atoms with Gasteiger partial charge < -0.3 is 4.98 Å². The second-order valence-corrected chi connectivity index (χ2v) is 15.2. The Morgan fingerprint density at radius 2 is 0.750 bits per heavy atom. The van der Waals surface area contributed by atoms with E-state index in [0.29, 0.717) is 0 Å². The van der Waals surface area contributed by atoms with Crippen molar-refractivity contribution in [3.8, 4) is 22.3 Å². The van der Waals surface area contributed by atoms with Gasteiger partial charge in [0.15, 0.2) is 0 Å². The number of thiophene rings is 1. The number of fused-ring (bicyclic) bond motifs is 15. The molecule has 0 fully saturated rings. The lowest BCUT2D eigenvalue weighted by Crippen LogP contribution is -1.81. The smallest absolute Gasteiger partial charge is 0.0545 e. The van der Waals surface area contributed by atoms with Crippen LogP contribution in [0.15, 0.2) is 170 Å². The van der Waals surface area contributed by atoms with Gasteiger partial charge in [-0.15, -0.1) is 11.3 Å².